The predicted molar refractivity (Wildman–Crippen MR) is 76.2 cm³/mol. The maximum atomic E-state index is 11.7. The van der Waals surface area contributed by atoms with Gasteiger partial charge in [0.05, 0.1) is 4.83 Å². The van der Waals surface area contributed by atoms with Crippen molar-refractivity contribution in [3.8, 4) is 0 Å². The van der Waals surface area contributed by atoms with Crippen molar-refractivity contribution < 1.29 is 9.59 Å². The lowest BCUT2D eigenvalue weighted by Crippen LogP contribution is -2.24. The van der Waals surface area contributed by atoms with Crippen molar-refractivity contribution in [3.63, 3.8) is 0 Å². The highest BCUT2D eigenvalue weighted by molar-refractivity contribution is 9.10. The topological polar surface area (TPSA) is 58.2 Å². The van der Waals surface area contributed by atoms with Crippen molar-refractivity contribution in [1.29, 1.82) is 0 Å². The number of aryl methyl sites for hydroxylation is 1. The average Bonchev–Trinajstić information content (AvgIpc) is 2.31. The molecule has 0 fully saturated rings. The van der Waals surface area contributed by atoms with Gasteiger partial charge in [0.15, 0.2) is 0 Å². The molecule has 0 saturated heterocycles. The van der Waals surface area contributed by atoms with Gasteiger partial charge >= 0.3 is 0 Å². The molecule has 4 nitrogen and oxygen atoms in total. The molecule has 98 valence electrons. The van der Waals surface area contributed by atoms with Crippen LogP contribution in [-0.4, -0.2) is 23.2 Å². The van der Waals surface area contributed by atoms with Crippen LogP contribution in [0.1, 0.15) is 29.8 Å². The Hall–Kier alpha value is -1.36. The van der Waals surface area contributed by atoms with Gasteiger partial charge < -0.3 is 10.6 Å². The van der Waals surface area contributed by atoms with Gasteiger partial charge in [0.1, 0.15) is 0 Å². The van der Waals surface area contributed by atoms with Crippen LogP contribution in [0.15, 0.2) is 18.2 Å². The Morgan fingerprint density at radius 1 is 1.39 bits per heavy atom. The standard InChI is InChI=1S/C13H17BrN2O2/c1-4-15-13(18)10-6-5-8(2)11(7-10)16-12(17)9(3)14/h5-7,9H,4H2,1-3H3,(H,15,18)(H,16,17). The van der Waals surface area contributed by atoms with Gasteiger partial charge in [-0.05, 0) is 38.5 Å². The molecule has 18 heavy (non-hydrogen) atoms. The summed E-state index contributed by atoms with van der Waals surface area (Å²) in [5, 5.41) is 5.50. The van der Waals surface area contributed by atoms with Gasteiger partial charge in [0, 0.05) is 17.8 Å². The van der Waals surface area contributed by atoms with Crippen molar-refractivity contribution in [1.82, 2.24) is 5.32 Å². The Kier molecular flexibility index (Phi) is 5.34. The highest BCUT2D eigenvalue weighted by Crippen LogP contribution is 2.18. The first-order chi connectivity index (χ1) is 8.45. The monoisotopic (exact) mass is 312 g/mol. The quantitative estimate of drug-likeness (QED) is 0.839. The summed E-state index contributed by atoms with van der Waals surface area (Å²) < 4.78 is 0. The number of carbonyl (C=O) groups is 2. The number of alkyl halides is 1. The zero-order chi connectivity index (χ0) is 13.7. The fraction of sp³-hybridized carbons (Fsp3) is 0.385. The van der Waals surface area contributed by atoms with Crippen molar-refractivity contribution in [3.05, 3.63) is 29.3 Å². The van der Waals surface area contributed by atoms with Gasteiger partial charge in [-0.25, -0.2) is 0 Å². The smallest absolute Gasteiger partial charge is 0.251 e. The Labute approximate surface area is 115 Å². The van der Waals surface area contributed by atoms with E-state index < -0.39 is 0 Å². The van der Waals surface area contributed by atoms with E-state index in [1.54, 1.807) is 19.1 Å². The van der Waals surface area contributed by atoms with E-state index in [-0.39, 0.29) is 16.6 Å². The molecule has 1 aromatic rings. The molecule has 0 spiro atoms. The number of benzene rings is 1. The lowest BCUT2D eigenvalue weighted by atomic mass is 10.1. The maximum Gasteiger partial charge on any atom is 0.251 e. The van der Waals surface area contributed by atoms with Crippen molar-refractivity contribution in [2.75, 3.05) is 11.9 Å². The fourth-order valence-corrected chi connectivity index (χ4v) is 1.51. The van der Waals surface area contributed by atoms with Gasteiger partial charge in [-0.2, -0.15) is 0 Å². The molecule has 0 aliphatic heterocycles. The molecule has 0 heterocycles. The normalized spacial score (nSPS) is 11.8. The second-order valence-corrected chi connectivity index (χ2v) is 5.37. The molecule has 2 amide bonds. The molecule has 1 atom stereocenters. The van der Waals surface area contributed by atoms with E-state index in [2.05, 4.69) is 26.6 Å². The zero-order valence-corrected chi connectivity index (χ0v) is 12.3. The van der Waals surface area contributed by atoms with Crippen molar-refractivity contribution >= 4 is 33.4 Å². The molecule has 1 unspecified atom stereocenters. The van der Waals surface area contributed by atoms with E-state index in [1.807, 2.05) is 19.9 Å². The summed E-state index contributed by atoms with van der Waals surface area (Å²) in [5.74, 6) is -0.272. The largest absolute Gasteiger partial charge is 0.352 e. The second-order valence-electron chi connectivity index (χ2n) is 3.99. The number of nitrogens with one attached hydrogen (secondary N) is 2. The molecule has 5 heteroatoms. The van der Waals surface area contributed by atoms with E-state index in [9.17, 15) is 9.59 Å². The summed E-state index contributed by atoms with van der Waals surface area (Å²) in [4.78, 5) is 23.0. The van der Waals surface area contributed by atoms with Crippen LogP contribution in [0.2, 0.25) is 0 Å². The molecule has 0 aliphatic rings. The van der Waals surface area contributed by atoms with Crippen molar-refractivity contribution in [2.45, 2.75) is 25.6 Å². The lowest BCUT2D eigenvalue weighted by Gasteiger charge is -2.11. The number of halogens is 1. The van der Waals surface area contributed by atoms with E-state index in [4.69, 9.17) is 0 Å². The highest BCUT2D eigenvalue weighted by atomic mass is 79.9. The maximum absolute atomic E-state index is 11.7. The van der Waals surface area contributed by atoms with Crippen LogP contribution >= 0.6 is 15.9 Å². The SMILES string of the molecule is CCNC(=O)c1ccc(C)c(NC(=O)C(C)Br)c1. The third-order valence-corrected chi connectivity index (χ3v) is 2.87. The third-order valence-electron chi connectivity index (χ3n) is 2.46. The minimum absolute atomic E-state index is 0.133. The van der Waals surface area contributed by atoms with Crippen LogP contribution in [0.4, 0.5) is 5.69 Å². The first-order valence-corrected chi connectivity index (χ1v) is 6.71. The molecule has 0 radical (unpaired) electrons. The molecule has 0 saturated carbocycles. The summed E-state index contributed by atoms with van der Waals surface area (Å²) in [6.07, 6.45) is 0. The summed E-state index contributed by atoms with van der Waals surface area (Å²) in [6.45, 7) is 6.07. The predicted octanol–water partition coefficient (Wildman–Crippen LogP) is 2.47. The number of anilines is 1. The zero-order valence-electron chi connectivity index (χ0n) is 10.7. The first-order valence-electron chi connectivity index (χ1n) is 5.79. The molecule has 2 N–H and O–H groups in total. The Bertz CT molecular complexity index is 458. The molecule has 1 aromatic carbocycles. The van der Waals surface area contributed by atoms with E-state index >= 15 is 0 Å². The van der Waals surface area contributed by atoms with Gasteiger partial charge in [0.25, 0.3) is 5.91 Å². The summed E-state index contributed by atoms with van der Waals surface area (Å²) >= 11 is 3.20. The number of rotatable bonds is 4. The van der Waals surface area contributed by atoms with Crippen LogP contribution in [-0.2, 0) is 4.79 Å². The average molecular weight is 313 g/mol. The Morgan fingerprint density at radius 3 is 2.61 bits per heavy atom. The summed E-state index contributed by atoms with van der Waals surface area (Å²) in [7, 11) is 0. The number of carbonyl (C=O) groups excluding carboxylic acids is 2. The summed E-state index contributed by atoms with van der Waals surface area (Å²) in [5.41, 5.74) is 2.12. The number of hydrogen-bond acceptors (Lipinski definition) is 2. The van der Waals surface area contributed by atoms with Crippen LogP contribution < -0.4 is 10.6 Å². The molecular formula is C13H17BrN2O2. The van der Waals surface area contributed by atoms with Gasteiger partial charge in [-0.3, -0.25) is 9.59 Å². The van der Waals surface area contributed by atoms with E-state index in [1.165, 1.54) is 0 Å². The lowest BCUT2D eigenvalue weighted by molar-refractivity contribution is -0.115. The molecule has 0 aliphatic carbocycles. The van der Waals surface area contributed by atoms with Crippen LogP contribution in [0.3, 0.4) is 0 Å². The summed E-state index contributed by atoms with van der Waals surface area (Å²) in [6, 6.07) is 5.25. The minimum Gasteiger partial charge on any atom is -0.352 e. The fourth-order valence-electron chi connectivity index (χ4n) is 1.39. The van der Waals surface area contributed by atoms with E-state index in [0.29, 0.717) is 17.8 Å². The van der Waals surface area contributed by atoms with Gasteiger partial charge in [-0.15, -0.1) is 0 Å². The highest BCUT2D eigenvalue weighted by Gasteiger charge is 2.12. The van der Waals surface area contributed by atoms with Crippen LogP contribution in [0, 0.1) is 6.92 Å². The van der Waals surface area contributed by atoms with Gasteiger partial charge in [0.2, 0.25) is 5.91 Å². The molecule has 0 aromatic heterocycles. The molecule has 0 bridgehead atoms. The molecular weight excluding hydrogens is 296 g/mol. The first kappa shape index (κ1) is 14.7. The number of hydrogen-bond donors (Lipinski definition) is 2. The van der Waals surface area contributed by atoms with Crippen LogP contribution in [0.5, 0.6) is 0 Å². The Morgan fingerprint density at radius 2 is 2.06 bits per heavy atom. The second kappa shape index (κ2) is 6.54. The molecule has 1 rings (SSSR count). The van der Waals surface area contributed by atoms with Crippen molar-refractivity contribution in [2.24, 2.45) is 0 Å². The van der Waals surface area contributed by atoms with Gasteiger partial charge in [-0.1, -0.05) is 22.0 Å². The number of amides is 2. The minimum atomic E-state index is -0.273. The third kappa shape index (κ3) is 3.84. The Balaban J connectivity index is 2.94. The van der Waals surface area contributed by atoms with Crippen LogP contribution in [0.25, 0.3) is 0 Å². The van der Waals surface area contributed by atoms with E-state index in [0.717, 1.165) is 5.56 Å².